The Labute approximate surface area is 188 Å². The number of benzene rings is 2. The van der Waals surface area contributed by atoms with Crippen LogP contribution in [0.15, 0.2) is 58.4 Å². The van der Waals surface area contributed by atoms with Crippen molar-refractivity contribution < 1.29 is 13.2 Å². The molecule has 164 valence electrons. The van der Waals surface area contributed by atoms with Crippen LogP contribution in [0.2, 0.25) is 0 Å². The summed E-state index contributed by atoms with van der Waals surface area (Å²) in [6.45, 7) is 4.32. The summed E-state index contributed by atoms with van der Waals surface area (Å²) in [6, 6.07) is 14.6. The number of rotatable bonds is 5. The van der Waals surface area contributed by atoms with Gasteiger partial charge in [-0.3, -0.25) is 14.7 Å². The fourth-order valence-corrected chi connectivity index (χ4v) is 6.27. The SMILES string of the molecule is Cc1ccc(CSC2=NCCN2C(=O)c2ccc(S(=O)(=O)N3CCCCC3)cc2)cc1. The number of piperidine rings is 1. The second-order valence-electron chi connectivity index (χ2n) is 7.88. The Bertz CT molecular complexity index is 1060. The minimum atomic E-state index is -3.50. The standard InChI is InChI=1S/C23H27N3O3S2/c1-18-5-7-19(8-6-18)17-30-23-24-13-16-26(23)22(27)20-9-11-21(12-10-20)31(28,29)25-14-3-2-4-15-25/h5-12H,2-4,13-17H2,1H3. The number of aryl methyl sites for hydroxylation is 1. The molecule has 0 aromatic heterocycles. The minimum absolute atomic E-state index is 0.144. The largest absolute Gasteiger partial charge is 0.286 e. The second kappa shape index (κ2) is 9.54. The van der Waals surface area contributed by atoms with Crippen molar-refractivity contribution in [1.82, 2.24) is 9.21 Å². The van der Waals surface area contributed by atoms with Gasteiger partial charge in [0, 0.05) is 31.0 Å². The molecule has 6 nitrogen and oxygen atoms in total. The number of hydrogen-bond acceptors (Lipinski definition) is 5. The summed E-state index contributed by atoms with van der Waals surface area (Å²) in [4.78, 5) is 19.5. The predicted octanol–water partition coefficient (Wildman–Crippen LogP) is 3.91. The van der Waals surface area contributed by atoms with E-state index in [1.54, 1.807) is 45.2 Å². The summed E-state index contributed by atoms with van der Waals surface area (Å²) in [7, 11) is -3.50. The number of thioether (sulfide) groups is 1. The Morgan fingerprint density at radius 2 is 1.65 bits per heavy atom. The summed E-state index contributed by atoms with van der Waals surface area (Å²) < 4.78 is 27.2. The van der Waals surface area contributed by atoms with E-state index in [1.165, 1.54) is 11.1 Å². The summed E-state index contributed by atoms with van der Waals surface area (Å²) in [5, 5.41) is 0.718. The van der Waals surface area contributed by atoms with Crippen LogP contribution >= 0.6 is 11.8 Å². The zero-order valence-corrected chi connectivity index (χ0v) is 19.3. The van der Waals surface area contributed by atoms with E-state index in [-0.39, 0.29) is 10.8 Å². The number of hydrogen-bond donors (Lipinski definition) is 0. The molecule has 0 unspecified atom stereocenters. The molecule has 0 bridgehead atoms. The number of carbonyl (C=O) groups excluding carboxylic acids is 1. The van der Waals surface area contributed by atoms with Gasteiger partial charge >= 0.3 is 0 Å². The van der Waals surface area contributed by atoms with Crippen LogP contribution in [0, 0.1) is 6.92 Å². The smallest absolute Gasteiger partial charge is 0.259 e. The number of aliphatic imine (C=N–C) groups is 1. The summed E-state index contributed by atoms with van der Waals surface area (Å²) in [5.41, 5.74) is 2.88. The van der Waals surface area contributed by atoms with E-state index in [0.717, 1.165) is 30.2 Å². The molecule has 0 atom stereocenters. The molecule has 0 N–H and O–H groups in total. The summed E-state index contributed by atoms with van der Waals surface area (Å²) >= 11 is 1.55. The lowest BCUT2D eigenvalue weighted by Crippen LogP contribution is -2.35. The van der Waals surface area contributed by atoms with Crippen LogP contribution < -0.4 is 0 Å². The zero-order chi connectivity index (χ0) is 21.8. The van der Waals surface area contributed by atoms with E-state index >= 15 is 0 Å². The molecule has 2 aliphatic rings. The van der Waals surface area contributed by atoms with E-state index in [1.807, 2.05) is 0 Å². The van der Waals surface area contributed by atoms with Crippen molar-refractivity contribution in [3.63, 3.8) is 0 Å². The maximum atomic E-state index is 13.0. The highest BCUT2D eigenvalue weighted by molar-refractivity contribution is 8.13. The minimum Gasteiger partial charge on any atom is -0.286 e. The Morgan fingerprint density at radius 3 is 2.32 bits per heavy atom. The molecule has 1 saturated heterocycles. The monoisotopic (exact) mass is 457 g/mol. The van der Waals surface area contributed by atoms with E-state index in [4.69, 9.17) is 0 Å². The van der Waals surface area contributed by atoms with Crippen LogP contribution in [0.3, 0.4) is 0 Å². The lowest BCUT2D eigenvalue weighted by Gasteiger charge is -2.26. The molecule has 0 radical (unpaired) electrons. The molecule has 4 rings (SSSR count). The molecule has 0 saturated carbocycles. The fourth-order valence-electron chi connectivity index (χ4n) is 3.75. The quantitative estimate of drug-likeness (QED) is 0.683. The third kappa shape index (κ3) is 5.02. The predicted molar refractivity (Wildman–Crippen MR) is 125 cm³/mol. The van der Waals surface area contributed by atoms with E-state index in [2.05, 4.69) is 36.2 Å². The Balaban J connectivity index is 1.42. The maximum absolute atomic E-state index is 13.0. The maximum Gasteiger partial charge on any atom is 0.259 e. The van der Waals surface area contributed by atoms with Gasteiger partial charge in [-0.1, -0.05) is 48.0 Å². The second-order valence-corrected chi connectivity index (χ2v) is 10.8. The number of nitrogens with zero attached hydrogens (tertiary/aromatic N) is 3. The third-order valence-electron chi connectivity index (χ3n) is 5.59. The first-order valence-corrected chi connectivity index (χ1v) is 13.0. The molecule has 31 heavy (non-hydrogen) atoms. The average molecular weight is 458 g/mol. The number of amidine groups is 1. The van der Waals surface area contributed by atoms with Crippen molar-refractivity contribution in [1.29, 1.82) is 0 Å². The van der Waals surface area contributed by atoms with Crippen LogP contribution in [0.1, 0.15) is 40.7 Å². The van der Waals surface area contributed by atoms with Gasteiger partial charge in [-0.2, -0.15) is 4.31 Å². The Hall–Kier alpha value is -2.16. The van der Waals surface area contributed by atoms with Crippen LogP contribution in [0.25, 0.3) is 0 Å². The number of carbonyl (C=O) groups is 1. The highest BCUT2D eigenvalue weighted by Gasteiger charge is 2.28. The van der Waals surface area contributed by atoms with Crippen molar-refractivity contribution in [2.75, 3.05) is 26.2 Å². The van der Waals surface area contributed by atoms with Crippen LogP contribution in [-0.4, -0.2) is 54.9 Å². The molecule has 2 heterocycles. The van der Waals surface area contributed by atoms with E-state index in [9.17, 15) is 13.2 Å². The van der Waals surface area contributed by atoms with E-state index in [0.29, 0.717) is 31.7 Å². The van der Waals surface area contributed by atoms with Crippen LogP contribution in [-0.2, 0) is 15.8 Å². The van der Waals surface area contributed by atoms with Crippen molar-refractivity contribution in [3.8, 4) is 0 Å². The molecule has 8 heteroatoms. The highest BCUT2D eigenvalue weighted by Crippen LogP contribution is 2.24. The first-order valence-electron chi connectivity index (χ1n) is 10.6. The summed E-state index contributed by atoms with van der Waals surface area (Å²) in [6.07, 6.45) is 2.86. The first kappa shape index (κ1) is 22.0. The molecule has 1 fully saturated rings. The Kier molecular flexibility index (Phi) is 6.79. The van der Waals surface area contributed by atoms with Crippen molar-refractivity contribution >= 4 is 32.9 Å². The van der Waals surface area contributed by atoms with Gasteiger partial charge < -0.3 is 0 Å². The molecular formula is C23H27N3O3S2. The number of sulfonamides is 1. The lowest BCUT2D eigenvalue weighted by atomic mass is 10.2. The van der Waals surface area contributed by atoms with Gasteiger partial charge in [0.15, 0.2) is 5.17 Å². The van der Waals surface area contributed by atoms with Gasteiger partial charge in [0.25, 0.3) is 5.91 Å². The molecule has 0 spiro atoms. The molecule has 2 aromatic carbocycles. The van der Waals surface area contributed by atoms with Gasteiger partial charge in [-0.25, -0.2) is 8.42 Å². The van der Waals surface area contributed by atoms with Crippen molar-refractivity contribution in [2.24, 2.45) is 4.99 Å². The number of amides is 1. The fraction of sp³-hybridized carbons (Fsp3) is 0.391. The Morgan fingerprint density at radius 1 is 0.968 bits per heavy atom. The van der Waals surface area contributed by atoms with Gasteiger partial charge in [-0.15, -0.1) is 0 Å². The average Bonchev–Trinajstić information content (AvgIpc) is 3.27. The molecule has 1 amide bonds. The molecular weight excluding hydrogens is 430 g/mol. The zero-order valence-electron chi connectivity index (χ0n) is 17.7. The first-order chi connectivity index (χ1) is 14.9. The van der Waals surface area contributed by atoms with Gasteiger partial charge in [0.2, 0.25) is 10.0 Å². The van der Waals surface area contributed by atoms with Crippen molar-refractivity contribution in [2.45, 2.75) is 36.8 Å². The highest BCUT2D eigenvalue weighted by atomic mass is 32.2. The van der Waals surface area contributed by atoms with Gasteiger partial charge in [0.05, 0.1) is 11.4 Å². The topological polar surface area (TPSA) is 70.0 Å². The van der Waals surface area contributed by atoms with E-state index < -0.39 is 10.0 Å². The molecule has 2 aromatic rings. The van der Waals surface area contributed by atoms with Crippen LogP contribution in [0.5, 0.6) is 0 Å². The molecule has 0 aliphatic carbocycles. The summed E-state index contributed by atoms with van der Waals surface area (Å²) in [5.74, 6) is 0.602. The third-order valence-corrected chi connectivity index (χ3v) is 8.59. The van der Waals surface area contributed by atoms with Crippen molar-refractivity contribution in [3.05, 3.63) is 65.2 Å². The van der Waals surface area contributed by atoms with Crippen LogP contribution in [0.4, 0.5) is 0 Å². The normalized spacial score (nSPS) is 17.6. The van der Waals surface area contributed by atoms with Gasteiger partial charge in [0.1, 0.15) is 0 Å². The van der Waals surface area contributed by atoms with Gasteiger partial charge in [-0.05, 0) is 49.6 Å². The lowest BCUT2D eigenvalue weighted by molar-refractivity contribution is 0.0860. The molecule has 2 aliphatic heterocycles.